The van der Waals surface area contributed by atoms with Crippen LogP contribution in [-0.2, 0) is 14.3 Å². The molecule has 0 saturated heterocycles. The van der Waals surface area contributed by atoms with Crippen molar-refractivity contribution in [3.8, 4) is 0 Å². The molecule has 1 N–H and O–H groups in total. The molecule has 0 atom stereocenters. The van der Waals surface area contributed by atoms with Crippen molar-refractivity contribution in [2.24, 2.45) is 16.1 Å². The molecule has 1 aliphatic rings. The van der Waals surface area contributed by atoms with Gasteiger partial charge in [-0.3, -0.25) is 9.59 Å². The molecule has 0 aromatic heterocycles. The van der Waals surface area contributed by atoms with E-state index in [1.165, 1.54) is 25.7 Å². The SMILES string of the molecule is O=C(COC(=O)CCC1CCCC1)Nc1ccc(N=Nc2ccccc2)cc1. The molecule has 1 aliphatic carbocycles. The molecule has 1 fully saturated rings. The van der Waals surface area contributed by atoms with Crippen LogP contribution in [0, 0.1) is 5.92 Å². The average molecular weight is 379 g/mol. The lowest BCUT2D eigenvalue weighted by molar-refractivity contribution is -0.147. The minimum atomic E-state index is -0.354. The second-order valence-electron chi connectivity index (χ2n) is 6.98. The lowest BCUT2D eigenvalue weighted by atomic mass is 10.0. The summed E-state index contributed by atoms with van der Waals surface area (Å²) < 4.78 is 5.06. The zero-order valence-electron chi connectivity index (χ0n) is 15.8. The van der Waals surface area contributed by atoms with Crippen molar-refractivity contribution >= 4 is 28.9 Å². The number of nitrogens with one attached hydrogen (secondary N) is 1. The molecule has 2 aromatic rings. The molecule has 146 valence electrons. The predicted octanol–water partition coefficient (Wildman–Crippen LogP) is 5.55. The number of nitrogens with zero attached hydrogens (tertiary/aromatic N) is 2. The molecule has 28 heavy (non-hydrogen) atoms. The molecule has 6 heteroatoms. The summed E-state index contributed by atoms with van der Waals surface area (Å²) in [5, 5.41) is 11.0. The predicted molar refractivity (Wildman–Crippen MR) is 108 cm³/mol. The number of esters is 1. The number of anilines is 1. The summed E-state index contributed by atoms with van der Waals surface area (Å²) in [5.41, 5.74) is 2.07. The summed E-state index contributed by atoms with van der Waals surface area (Å²) in [7, 11) is 0. The number of carbonyl (C=O) groups is 2. The Kier molecular flexibility index (Phi) is 7.29. The number of carbonyl (C=O) groups excluding carboxylic acids is 2. The maximum absolute atomic E-state index is 11.9. The molecule has 0 radical (unpaired) electrons. The molecule has 0 bridgehead atoms. The average Bonchev–Trinajstić information content (AvgIpc) is 3.25. The Labute approximate surface area is 165 Å². The van der Waals surface area contributed by atoms with Gasteiger partial charge in [0.15, 0.2) is 6.61 Å². The maximum atomic E-state index is 11.9. The van der Waals surface area contributed by atoms with Gasteiger partial charge in [-0.05, 0) is 48.7 Å². The lowest BCUT2D eigenvalue weighted by Crippen LogP contribution is -2.21. The second-order valence-corrected chi connectivity index (χ2v) is 6.98. The highest BCUT2D eigenvalue weighted by atomic mass is 16.5. The first-order valence-corrected chi connectivity index (χ1v) is 9.71. The first-order valence-electron chi connectivity index (χ1n) is 9.71. The molecule has 1 saturated carbocycles. The van der Waals surface area contributed by atoms with E-state index in [0.29, 0.717) is 23.7 Å². The van der Waals surface area contributed by atoms with Gasteiger partial charge in [0.2, 0.25) is 0 Å². The third kappa shape index (κ3) is 6.61. The van der Waals surface area contributed by atoms with E-state index in [-0.39, 0.29) is 18.5 Å². The molecule has 1 amide bonds. The molecular formula is C22H25N3O3. The summed E-state index contributed by atoms with van der Waals surface area (Å²) in [6.45, 7) is -0.265. The molecule has 3 rings (SSSR count). The van der Waals surface area contributed by atoms with E-state index in [1.54, 1.807) is 24.3 Å². The van der Waals surface area contributed by atoms with E-state index >= 15 is 0 Å². The van der Waals surface area contributed by atoms with Gasteiger partial charge in [-0.15, -0.1) is 0 Å². The monoisotopic (exact) mass is 379 g/mol. The van der Waals surface area contributed by atoms with E-state index < -0.39 is 0 Å². The van der Waals surface area contributed by atoms with Crippen LogP contribution in [0.5, 0.6) is 0 Å². The van der Waals surface area contributed by atoms with Crippen molar-refractivity contribution in [1.29, 1.82) is 0 Å². The zero-order chi connectivity index (χ0) is 19.6. The summed E-state index contributed by atoms with van der Waals surface area (Å²) in [4.78, 5) is 23.7. The van der Waals surface area contributed by atoms with E-state index in [4.69, 9.17) is 4.74 Å². The number of amides is 1. The summed E-state index contributed by atoms with van der Waals surface area (Å²) >= 11 is 0. The van der Waals surface area contributed by atoms with Crippen molar-refractivity contribution in [1.82, 2.24) is 0 Å². The molecule has 2 aromatic carbocycles. The molecule has 0 aliphatic heterocycles. The molecule has 0 unspecified atom stereocenters. The van der Waals surface area contributed by atoms with E-state index in [9.17, 15) is 9.59 Å². The molecule has 0 spiro atoms. The number of hydrogen-bond donors (Lipinski definition) is 1. The first kappa shape index (κ1) is 19.7. The highest BCUT2D eigenvalue weighted by molar-refractivity contribution is 5.92. The lowest BCUT2D eigenvalue weighted by Gasteiger charge is -2.09. The van der Waals surface area contributed by atoms with Crippen LogP contribution in [0.25, 0.3) is 0 Å². The standard InChI is InChI=1S/C22H25N3O3/c26-21(16-28-22(27)15-10-17-6-4-5-7-17)23-18-11-13-20(14-12-18)25-24-19-8-2-1-3-9-19/h1-3,8-9,11-14,17H,4-7,10,15-16H2,(H,23,26). The van der Waals surface area contributed by atoms with Gasteiger partial charge in [0.05, 0.1) is 11.4 Å². The Morgan fingerprint density at radius 1 is 0.929 bits per heavy atom. The van der Waals surface area contributed by atoms with Crippen molar-refractivity contribution < 1.29 is 14.3 Å². The number of azo groups is 1. The fourth-order valence-corrected chi connectivity index (χ4v) is 3.26. The van der Waals surface area contributed by atoms with E-state index in [1.807, 2.05) is 30.3 Å². The zero-order valence-corrected chi connectivity index (χ0v) is 15.8. The van der Waals surface area contributed by atoms with Crippen LogP contribution in [0.2, 0.25) is 0 Å². The second kappa shape index (κ2) is 10.3. The Morgan fingerprint density at radius 2 is 1.57 bits per heavy atom. The Balaban J connectivity index is 1.39. The highest BCUT2D eigenvalue weighted by Crippen LogP contribution is 2.28. The van der Waals surface area contributed by atoms with Crippen LogP contribution in [0.4, 0.5) is 17.1 Å². The van der Waals surface area contributed by atoms with E-state index in [2.05, 4.69) is 15.5 Å². The number of hydrogen-bond acceptors (Lipinski definition) is 5. The third-order valence-electron chi connectivity index (χ3n) is 4.78. The van der Waals surface area contributed by atoms with Crippen molar-refractivity contribution in [3.05, 3.63) is 54.6 Å². The fourth-order valence-electron chi connectivity index (χ4n) is 3.26. The highest BCUT2D eigenvalue weighted by Gasteiger charge is 2.17. The van der Waals surface area contributed by atoms with Crippen LogP contribution < -0.4 is 5.32 Å². The van der Waals surface area contributed by atoms with Gasteiger partial charge < -0.3 is 10.1 Å². The minimum Gasteiger partial charge on any atom is -0.456 e. The van der Waals surface area contributed by atoms with Gasteiger partial charge >= 0.3 is 5.97 Å². The molecule has 6 nitrogen and oxygen atoms in total. The number of benzene rings is 2. The Morgan fingerprint density at radius 3 is 2.25 bits per heavy atom. The van der Waals surface area contributed by atoms with Gasteiger partial charge in [-0.2, -0.15) is 10.2 Å². The third-order valence-corrected chi connectivity index (χ3v) is 4.78. The summed E-state index contributed by atoms with van der Waals surface area (Å²) in [6.07, 6.45) is 6.17. The first-order chi connectivity index (χ1) is 13.7. The van der Waals surface area contributed by atoms with Crippen LogP contribution in [0.15, 0.2) is 64.8 Å². The van der Waals surface area contributed by atoms with Gasteiger partial charge in [-0.25, -0.2) is 0 Å². The quantitative estimate of drug-likeness (QED) is 0.482. The fraction of sp³-hybridized carbons (Fsp3) is 0.364. The van der Waals surface area contributed by atoms with E-state index in [0.717, 1.165) is 12.1 Å². The summed E-state index contributed by atoms with van der Waals surface area (Å²) in [6, 6.07) is 16.4. The van der Waals surface area contributed by atoms with Gasteiger partial charge in [0, 0.05) is 12.1 Å². The van der Waals surface area contributed by atoms with Crippen molar-refractivity contribution in [2.45, 2.75) is 38.5 Å². The van der Waals surface area contributed by atoms with Crippen LogP contribution in [0.1, 0.15) is 38.5 Å². The largest absolute Gasteiger partial charge is 0.456 e. The van der Waals surface area contributed by atoms with Crippen molar-refractivity contribution in [3.63, 3.8) is 0 Å². The van der Waals surface area contributed by atoms with Crippen LogP contribution in [-0.4, -0.2) is 18.5 Å². The number of rotatable bonds is 8. The Hall–Kier alpha value is -3.02. The van der Waals surface area contributed by atoms with Gasteiger partial charge in [0.1, 0.15) is 0 Å². The normalized spacial score (nSPS) is 14.3. The summed E-state index contributed by atoms with van der Waals surface area (Å²) in [5.74, 6) is -0.0227. The maximum Gasteiger partial charge on any atom is 0.306 e. The molecular weight excluding hydrogens is 354 g/mol. The van der Waals surface area contributed by atoms with Crippen LogP contribution >= 0.6 is 0 Å². The smallest absolute Gasteiger partial charge is 0.306 e. The van der Waals surface area contributed by atoms with Crippen molar-refractivity contribution in [2.75, 3.05) is 11.9 Å². The number of ether oxygens (including phenoxy) is 1. The topological polar surface area (TPSA) is 80.1 Å². The van der Waals surface area contributed by atoms with Gasteiger partial charge in [-0.1, -0.05) is 43.9 Å². The van der Waals surface area contributed by atoms with Gasteiger partial charge in [0.25, 0.3) is 5.91 Å². The minimum absolute atomic E-state index is 0.265. The Bertz CT molecular complexity index is 798. The van der Waals surface area contributed by atoms with Crippen LogP contribution in [0.3, 0.4) is 0 Å². The molecule has 0 heterocycles.